The maximum absolute atomic E-state index is 12.9. The lowest BCUT2D eigenvalue weighted by Gasteiger charge is -2.36. The number of methoxy groups -OCH3 is 1. The molecule has 218 valence electrons. The van der Waals surface area contributed by atoms with E-state index in [0.29, 0.717) is 42.5 Å². The van der Waals surface area contributed by atoms with Gasteiger partial charge in [0.25, 0.3) is 15.9 Å². The molecule has 2 amide bonds. The molecule has 3 aromatic rings. The van der Waals surface area contributed by atoms with Crippen LogP contribution < -0.4 is 20.3 Å². The third-order valence-corrected chi connectivity index (χ3v) is 9.36. The van der Waals surface area contributed by atoms with Gasteiger partial charge in [-0.1, -0.05) is 41.9 Å². The van der Waals surface area contributed by atoms with Gasteiger partial charge in [-0.3, -0.25) is 14.9 Å². The predicted octanol–water partition coefficient (Wildman–Crippen LogP) is 4.06. The van der Waals surface area contributed by atoms with Crippen LogP contribution in [0.2, 0.25) is 5.02 Å². The summed E-state index contributed by atoms with van der Waals surface area (Å²) in [6, 6.07) is 20.8. The van der Waals surface area contributed by atoms with Crippen LogP contribution in [-0.4, -0.2) is 70.1 Å². The van der Waals surface area contributed by atoms with Crippen LogP contribution in [0, 0.1) is 0 Å². The standard InChI is InChI=1S/C29H28ClN5O5S2/c1-40-25-9-5-4-8-24(25)34-14-16-35(17-15-34)27(36)19-31-21-10-12-22(13-11-21)42(38,39)33-29-32-28(37)26(41-29)18-20-6-2-3-7-23(20)30/h2-13,18,31H,14-17,19H2,1H3,(H,32,33,37)/b26-18-. The van der Waals surface area contributed by atoms with Crippen LogP contribution in [0.1, 0.15) is 5.56 Å². The molecular weight excluding hydrogens is 598 g/mol. The molecule has 2 fully saturated rings. The Hall–Kier alpha value is -4.00. The molecule has 0 aliphatic carbocycles. The molecule has 10 nitrogen and oxygen atoms in total. The van der Waals surface area contributed by atoms with Gasteiger partial charge < -0.3 is 19.9 Å². The second kappa shape index (κ2) is 12.9. The minimum Gasteiger partial charge on any atom is -0.495 e. The summed E-state index contributed by atoms with van der Waals surface area (Å²) in [7, 11) is -2.44. The minimum absolute atomic E-state index is 0.0438. The number of rotatable bonds is 8. The number of sulfonamides is 1. The van der Waals surface area contributed by atoms with Gasteiger partial charge in [0.2, 0.25) is 5.91 Å². The number of amides is 2. The lowest BCUT2D eigenvalue weighted by molar-refractivity contribution is -0.129. The zero-order chi connectivity index (χ0) is 29.7. The van der Waals surface area contributed by atoms with Crippen LogP contribution in [0.3, 0.4) is 0 Å². The predicted molar refractivity (Wildman–Crippen MR) is 167 cm³/mol. The van der Waals surface area contributed by atoms with Crippen molar-refractivity contribution in [2.45, 2.75) is 4.90 Å². The lowest BCUT2D eigenvalue weighted by atomic mass is 10.2. The number of nitrogens with zero attached hydrogens (tertiary/aromatic N) is 3. The largest absolute Gasteiger partial charge is 0.495 e. The first kappa shape index (κ1) is 29.5. The van der Waals surface area contributed by atoms with E-state index in [-0.39, 0.29) is 27.4 Å². The zero-order valence-electron chi connectivity index (χ0n) is 22.6. The fourth-order valence-electron chi connectivity index (χ4n) is 4.49. The van der Waals surface area contributed by atoms with Crippen molar-refractivity contribution in [3.8, 4) is 5.75 Å². The van der Waals surface area contributed by atoms with Crippen LogP contribution in [0.25, 0.3) is 6.08 Å². The first-order valence-electron chi connectivity index (χ1n) is 13.0. The van der Waals surface area contributed by atoms with Crippen molar-refractivity contribution in [3.05, 3.63) is 88.3 Å². The smallest absolute Gasteiger partial charge is 0.284 e. The Morgan fingerprint density at radius 2 is 1.74 bits per heavy atom. The number of anilines is 2. The number of thioether (sulfide) groups is 1. The molecule has 0 unspecified atom stereocenters. The van der Waals surface area contributed by atoms with Crippen molar-refractivity contribution >= 4 is 67.8 Å². The number of benzene rings is 3. The fraction of sp³-hybridized carbons (Fsp3) is 0.207. The number of amidine groups is 1. The summed E-state index contributed by atoms with van der Waals surface area (Å²) < 4.78 is 35.0. The van der Waals surface area contributed by atoms with Gasteiger partial charge in [0, 0.05) is 36.9 Å². The maximum atomic E-state index is 12.9. The van der Waals surface area contributed by atoms with E-state index >= 15 is 0 Å². The average molecular weight is 626 g/mol. The van der Waals surface area contributed by atoms with E-state index < -0.39 is 15.9 Å². The quantitative estimate of drug-likeness (QED) is 0.360. The second-order valence-corrected chi connectivity index (χ2v) is 12.4. The van der Waals surface area contributed by atoms with Gasteiger partial charge in [-0.25, -0.2) is 0 Å². The maximum Gasteiger partial charge on any atom is 0.284 e. The van der Waals surface area contributed by atoms with Crippen LogP contribution in [0.4, 0.5) is 11.4 Å². The molecule has 2 aliphatic rings. The summed E-state index contributed by atoms with van der Waals surface area (Å²) in [5.41, 5.74) is 2.24. The van der Waals surface area contributed by atoms with E-state index in [0.717, 1.165) is 23.2 Å². The van der Waals surface area contributed by atoms with Crippen molar-refractivity contribution in [2.75, 3.05) is 50.1 Å². The zero-order valence-corrected chi connectivity index (χ0v) is 25.0. The highest BCUT2D eigenvalue weighted by Gasteiger charge is 2.27. The molecule has 2 saturated heterocycles. The van der Waals surface area contributed by atoms with Gasteiger partial charge in [-0.05, 0) is 65.9 Å². The fourth-order valence-corrected chi connectivity index (χ4v) is 6.65. The molecule has 5 rings (SSSR count). The van der Waals surface area contributed by atoms with Gasteiger partial charge in [0.1, 0.15) is 5.75 Å². The highest BCUT2D eigenvalue weighted by molar-refractivity contribution is 8.19. The normalized spacial score (nSPS) is 17.4. The molecule has 2 aliphatic heterocycles. The third-order valence-electron chi connectivity index (χ3n) is 6.70. The van der Waals surface area contributed by atoms with Crippen LogP contribution >= 0.6 is 23.4 Å². The number of para-hydroxylation sites is 2. The monoisotopic (exact) mass is 625 g/mol. The molecule has 3 aromatic carbocycles. The van der Waals surface area contributed by atoms with Crippen LogP contribution in [0.15, 0.2) is 87.0 Å². The molecular formula is C29H28ClN5O5S2. The Balaban J connectivity index is 1.15. The van der Waals surface area contributed by atoms with Crippen LogP contribution in [0.5, 0.6) is 5.75 Å². The summed E-state index contributed by atoms with van der Waals surface area (Å²) in [5, 5.41) is 5.97. The highest BCUT2D eigenvalue weighted by Crippen LogP contribution is 2.30. The van der Waals surface area contributed by atoms with Gasteiger partial charge in [0.15, 0.2) is 5.17 Å². The van der Waals surface area contributed by atoms with E-state index in [2.05, 4.69) is 19.9 Å². The van der Waals surface area contributed by atoms with Gasteiger partial charge in [0.05, 0.1) is 29.1 Å². The molecule has 0 radical (unpaired) electrons. The summed E-state index contributed by atoms with van der Waals surface area (Å²) in [5.74, 6) is 0.296. The first-order chi connectivity index (χ1) is 20.2. The third kappa shape index (κ3) is 6.89. The second-order valence-electron chi connectivity index (χ2n) is 9.38. The Morgan fingerprint density at radius 3 is 2.45 bits per heavy atom. The molecule has 42 heavy (non-hydrogen) atoms. The summed E-state index contributed by atoms with van der Waals surface area (Å²) in [6.45, 7) is 2.63. The molecule has 2 N–H and O–H groups in total. The number of halogens is 1. The summed E-state index contributed by atoms with van der Waals surface area (Å²) in [4.78, 5) is 29.4. The molecule has 2 heterocycles. The van der Waals surface area contributed by atoms with Gasteiger partial charge in [-0.15, -0.1) is 4.40 Å². The highest BCUT2D eigenvalue weighted by atomic mass is 35.5. The van der Waals surface area contributed by atoms with E-state index in [4.69, 9.17) is 16.3 Å². The molecule has 0 atom stereocenters. The van der Waals surface area contributed by atoms with Crippen molar-refractivity contribution in [1.82, 2.24) is 10.2 Å². The van der Waals surface area contributed by atoms with Gasteiger partial charge in [-0.2, -0.15) is 8.42 Å². The number of carbonyl (C=O) groups excluding carboxylic acids is 2. The van der Waals surface area contributed by atoms with Gasteiger partial charge >= 0.3 is 0 Å². The van der Waals surface area contributed by atoms with Crippen LogP contribution in [-0.2, 0) is 19.6 Å². The molecule has 0 bridgehead atoms. The Kier molecular flexibility index (Phi) is 9.05. The molecule has 0 saturated carbocycles. The van der Waals surface area contributed by atoms with Crippen molar-refractivity contribution in [1.29, 1.82) is 0 Å². The Morgan fingerprint density at radius 1 is 1.05 bits per heavy atom. The number of hydrogen-bond donors (Lipinski definition) is 2. The molecule has 0 spiro atoms. The number of carbonyl (C=O) groups is 2. The van der Waals surface area contributed by atoms with E-state index in [1.165, 1.54) is 12.1 Å². The van der Waals surface area contributed by atoms with Crippen molar-refractivity contribution in [2.24, 2.45) is 4.40 Å². The van der Waals surface area contributed by atoms with Crippen molar-refractivity contribution in [3.63, 3.8) is 0 Å². The average Bonchev–Trinajstić information content (AvgIpc) is 3.34. The first-order valence-corrected chi connectivity index (χ1v) is 15.7. The number of nitrogens with one attached hydrogen (secondary N) is 2. The Bertz CT molecular complexity index is 1650. The molecule has 0 aromatic heterocycles. The molecule has 13 heteroatoms. The minimum atomic E-state index is -4.09. The Labute approximate surface area is 253 Å². The van der Waals surface area contributed by atoms with E-state index in [9.17, 15) is 18.0 Å². The van der Waals surface area contributed by atoms with E-state index in [1.807, 2.05) is 24.3 Å². The summed E-state index contributed by atoms with van der Waals surface area (Å²) >= 11 is 7.08. The topological polar surface area (TPSA) is 120 Å². The lowest BCUT2D eigenvalue weighted by Crippen LogP contribution is -2.50. The number of ether oxygens (including phenoxy) is 1. The SMILES string of the molecule is COc1ccccc1N1CCN(C(=O)CNc2ccc(S(=O)(=O)/N=C3\NC(=O)/C(=C/c4ccccc4Cl)S3)cc2)CC1. The van der Waals surface area contributed by atoms with E-state index in [1.54, 1.807) is 54.5 Å². The summed E-state index contributed by atoms with van der Waals surface area (Å²) in [6.07, 6.45) is 1.58. The van der Waals surface area contributed by atoms with Crippen molar-refractivity contribution < 1.29 is 22.7 Å². The number of piperazine rings is 1. The number of hydrogen-bond acceptors (Lipinski definition) is 8.